The van der Waals surface area contributed by atoms with E-state index in [1.807, 2.05) is 17.5 Å². The third kappa shape index (κ3) is 3.94. The van der Waals surface area contributed by atoms with Crippen molar-refractivity contribution in [2.24, 2.45) is 0 Å². The molecule has 1 aromatic heterocycles. The Balaban J connectivity index is 1.81. The van der Waals surface area contributed by atoms with Gasteiger partial charge in [-0.25, -0.2) is 4.39 Å². The van der Waals surface area contributed by atoms with E-state index in [1.165, 1.54) is 12.1 Å². The van der Waals surface area contributed by atoms with Gasteiger partial charge in [0.05, 0.1) is 23.8 Å². The van der Waals surface area contributed by atoms with Crippen LogP contribution in [0.3, 0.4) is 0 Å². The Hall–Kier alpha value is -1.59. The molecular formula is C13H12ClFN2OS. The maximum absolute atomic E-state index is 13.5. The third-order valence-electron chi connectivity index (χ3n) is 2.43. The number of rotatable bonds is 5. The molecule has 6 heteroatoms. The summed E-state index contributed by atoms with van der Waals surface area (Å²) >= 11 is 7.21. The van der Waals surface area contributed by atoms with Crippen molar-refractivity contribution >= 4 is 34.5 Å². The minimum absolute atomic E-state index is 0.00262. The lowest BCUT2D eigenvalue weighted by atomic mass is 10.3. The van der Waals surface area contributed by atoms with Gasteiger partial charge < -0.3 is 10.6 Å². The molecule has 2 aromatic rings. The van der Waals surface area contributed by atoms with Gasteiger partial charge in [-0.2, -0.15) is 0 Å². The lowest BCUT2D eigenvalue weighted by Crippen LogP contribution is -2.29. The fourth-order valence-corrected chi connectivity index (χ4v) is 2.30. The van der Waals surface area contributed by atoms with Gasteiger partial charge in [-0.1, -0.05) is 23.7 Å². The summed E-state index contributed by atoms with van der Waals surface area (Å²) in [5.41, 5.74) is 0.221. The standard InChI is InChI=1S/C13H12ClFN2OS/c14-10-4-1-5-11(13(10)15)16-8-12(18)17-7-9-3-2-6-19-9/h1-6,16H,7-8H2,(H,17,18). The quantitative estimate of drug-likeness (QED) is 0.889. The molecule has 3 nitrogen and oxygen atoms in total. The largest absolute Gasteiger partial charge is 0.374 e. The van der Waals surface area contributed by atoms with Crippen LogP contribution in [0.2, 0.25) is 5.02 Å². The SMILES string of the molecule is O=C(CNc1cccc(Cl)c1F)NCc1cccs1. The van der Waals surface area contributed by atoms with E-state index < -0.39 is 5.82 Å². The number of hydrogen-bond donors (Lipinski definition) is 2. The Morgan fingerprint density at radius 1 is 1.32 bits per heavy atom. The molecule has 19 heavy (non-hydrogen) atoms. The molecule has 0 aliphatic carbocycles. The molecule has 0 aliphatic rings. The maximum atomic E-state index is 13.5. The Morgan fingerprint density at radius 3 is 2.89 bits per heavy atom. The molecule has 2 rings (SSSR count). The van der Waals surface area contributed by atoms with Crippen molar-refractivity contribution in [1.82, 2.24) is 5.32 Å². The van der Waals surface area contributed by atoms with Crippen LogP contribution in [0.15, 0.2) is 35.7 Å². The first kappa shape index (κ1) is 13.8. The highest BCUT2D eigenvalue weighted by atomic mass is 35.5. The predicted molar refractivity (Wildman–Crippen MR) is 76.1 cm³/mol. The monoisotopic (exact) mass is 298 g/mol. The number of carbonyl (C=O) groups is 1. The minimum atomic E-state index is -0.546. The summed E-state index contributed by atoms with van der Waals surface area (Å²) in [6.07, 6.45) is 0. The van der Waals surface area contributed by atoms with Crippen LogP contribution in [0, 0.1) is 5.82 Å². The van der Waals surface area contributed by atoms with Crippen LogP contribution in [-0.4, -0.2) is 12.5 Å². The van der Waals surface area contributed by atoms with Crippen molar-refractivity contribution in [1.29, 1.82) is 0 Å². The summed E-state index contributed by atoms with van der Waals surface area (Å²) in [6.45, 7) is 0.485. The zero-order chi connectivity index (χ0) is 13.7. The van der Waals surface area contributed by atoms with Crippen LogP contribution >= 0.6 is 22.9 Å². The zero-order valence-electron chi connectivity index (χ0n) is 9.95. The summed E-state index contributed by atoms with van der Waals surface area (Å²) in [4.78, 5) is 12.7. The van der Waals surface area contributed by atoms with E-state index >= 15 is 0 Å². The first-order valence-corrected chi connectivity index (χ1v) is 6.89. The Labute approximate surface area is 119 Å². The summed E-state index contributed by atoms with van der Waals surface area (Å²) < 4.78 is 13.5. The Morgan fingerprint density at radius 2 is 2.16 bits per heavy atom. The van der Waals surface area contributed by atoms with Crippen LogP contribution in [0.5, 0.6) is 0 Å². The number of benzene rings is 1. The number of nitrogens with one attached hydrogen (secondary N) is 2. The average Bonchev–Trinajstić information content (AvgIpc) is 2.91. The molecule has 100 valence electrons. The molecule has 0 radical (unpaired) electrons. The number of hydrogen-bond acceptors (Lipinski definition) is 3. The molecule has 2 N–H and O–H groups in total. The molecule has 0 atom stereocenters. The number of halogens is 2. The number of carbonyl (C=O) groups excluding carboxylic acids is 1. The number of anilines is 1. The molecule has 1 amide bonds. The molecule has 0 bridgehead atoms. The van der Waals surface area contributed by atoms with E-state index in [2.05, 4.69) is 10.6 Å². The highest BCUT2D eigenvalue weighted by Crippen LogP contribution is 2.21. The molecule has 0 saturated carbocycles. The zero-order valence-corrected chi connectivity index (χ0v) is 11.5. The molecule has 0 saturated heterocycles. The lowest BCUT2D eigenvalue weighted by Gasteiger charge is -2.08. The van der Waals surface area contributed by atoms with Gasteiger partial charge in [0.15, 0.2) is 5.82 Å². The van der Waals surface area contributed by atoms with Crippen molar-refractivity contribution in [3.05, 3.63) is 51.4 Å². The van der Waals surface area contributed by atoms with Crippen LogP contribution in [-0.2, 0) is 11.3 Å². The third-order valence-corrected chi connectivity index (χ3v) is 3.60. The highest BCUT2D eigenvalue weighted by Gasteiger charge is 2.07. The van der Waals surface area contributed by atoms with Gasteiger partial charge in [0.1, 0.15) is 0 Å². The summed E-state index contributed by atoms with van der Waals surface area (Å²) in [5, 5.41) is 7.44. The van der Waals surface area contributed by atoms with Crippen LogP contribution < -0.4 is 10.6 Å². The topological polar surface area (TPSA) is 41.1 Å². The van der Waals surface area contributed by atoms with Crippen molar-refractivity contribution in [3.8, 4) is 0 Å². The van der Waals surface area contributed by atoms with Gasteiger partial charge in [0.25, 0.3) is 0 Å². The van der Waals surface area contributed by atoms with Crippen LogP contribution in [0.4, 0.5) is 10.1 Å². The fraction of sp³-hybridized carbons (Fsp3) is 0.154. The molecule has 1 aromatic carbocycles. The molecule has 0 unspecified atom stereocenters. The van der Waals surface area contributed by atoms with Crippen molar-refractivity contribution in [2.75, 3.05) is 11.9 Å². The minimum Gasteiger partial charge on any atom is -0.374 e. The van der Waals surface area contributed by atoms with E-state index in [0.29, 0.717) is 6.54 Å². The van der Waals surface area contributed by atoms with Gasteiger partial charge in [-0.05, 0) is 23.6 Å². The summed E-state index contributed by atoms with van der Waals surface area (Å²) in [6, 6.07) is 8.48. The Bertz CT molecular complexity index is 560. The predicted octanol–water partition coefficient (Wildman–Crippen LogP) is 3.27. The second kappa shape index (κ2) is 6.54. The average molecular weight is 299 g/mol. The lowest BCUT2D eigenvalue weighted by molar-refractivity contribution is -0.119. The van der Waals surface area contributed by atoms with Gasteiger partial charge in [0, 0.05) is 4.88 Å². The molecule has 0 aliphatic heterocycles. The molecular weight excluding hydrogens is 287 g/mol. The number of amides is 1. The highest BCUT2D eigenvalue weighted by molar-refractivity contribution is 7.09. The first-order valence-electron chi connectivity index (χ1n) is 5.64. The normalized spacial score (nSPS) is 10.2. The van der Waals surface area contributed by atoms with Crippen LogP contribution in [0.1, 0.15) is 4.88 Å². The maximum Gasteiger partial charge on any atom is 0.239 e. The molecule has 0 spiro atoms. The summed E-state index contributed by atoms with van der Waals surface area (Å²) in [5.74, 6) is -0.747. The first-order chi connectivity index (χ1) is 9.16. The second-order valence-electron chi connectivity index (χ2n) is 3.81. The smallest absolute Gasteiger partial charge is 0.239 e. The van der Waals surface area contributed by atoms with Crippen molar-refractivity contribution in [3.63, 3.8) is 0 Å². The van der Waals surface area contributed by atoms with Gasteiger partial charge in [-0.3, -0.25) is 4.79 Å². The van der Waals surface area contributed by atoms with E-state index in [1.54, 1.807) is 17.4 Å². The van der Waals surface area contributed by atoms with E-state index in [0.717, 1.165) is 4.88 Å². The van der Waals surface area contributed by atoms with Crippen LogP contribution in [0.25, 0.3) is 0 Å². The van der Waals surface area contributed by atoms with E-state index in [9.17, 15) is 9.18 Å². The fourth-order valence-electron chi connectivity index (χ4n) is 1.48. The second-order valence-corrected chi connectivity index (χ2v) is 5.25. The van der Waals surface area contributed by atoms with Gasteiger partial charge >= 0.3 is 0 Å². The van der Waals surface area contributed by atoms with Gasteiger partial charge in [-0.15, -0.1) is 11.3 Å². The Kier molecular flexibility index (Phi) is 4.76. The van der Waals surface area contributed by atoms with Crippen molar-refractivity contribution < 1.29 is 9.18 Å². The van der Waals surface area contributed by atoms with E-state index in [-0.39, 0.29) is 23.2 Å². The van der Waals surface area contributed by atoms with E-state index in [4.69, 9.17) is 11.6 Å². The molecule has 1 heterocycles. The van der Waals surface area contributed by atoms with Crippen molar-refractivity contribution in [2.45, 2.75) is 6.54 Å². The van der Waals surface area contributed by atoms with Gasteiger partial charge in [0.2, 0.25) is 5.91 Å². The molecule has 0 fully saturated rings. The summed E-state index contributed by atoms with van der Waals surface area (Å²) in [7, 11) is 0. The number of thiophene rings is 1.